The van der Waals surface area contributed by atoms with Crippen molar-refractivity contribution in [2.45, 2.75) is 11.3 Å². The van der Waals surface area contributed by atoms with Gasteiger partial charge in [0.2, 0.25) is 0 Å². The lowest BCUT2D eigenvalue weighted by Gasteiger charge is -2.01. The number of hydrogen-bond acceptors (Lipinski definition) is 2. The Balaban J connectivity index is 2.55. The molecule has 76 valence electrons. The van der Waals surface area contributed by atoms with Crippen LogP contribution >= 0.6 is 27.7 Å². The molecule has 0 saturated heterocycles. The molecule has 0 bridgehead atoms. The summed E-state index contributed by atoms with van der Waals surface area (Å²) in [5, 5.41) is 8.39. The molecule has 14 heavy (non-hydrogen) atoms. The highest BCUT2D eigenvalue weighted by Gasteiger charge is 2.04. The number of halogens is 2. The average molecular weight is 279 g/mol. The molecule has 1 aromatic carbocycles. The first kappa shape index (κ1) is 11.5. The lowest BCUT2D eigenvalue weighted by Crippen LogP contribution is -1.96. The van der Waals surface area contributed by atoms with E-state index in [9.17, 15) is 9.18 Å². The lowest BCUT2D eigenvalue weighted by molar-refractivity contribution is -0.136. The second-order valence-electron chi connectivity index (χ2n) is 2.57. The quantitative estimate of drug-likeness (QED) is 0.860. The number of aliphatic carboxylic acids is 1. The van der Waals surface area contributed by atoms with Crippen molar-refractivity contribution in [3.8, 4) is 0 Å². The predicted molar refractivity (Wildman–Crippen MR) is 57.1 cm³/mol. The summed E-state index contributed by atoms with van der Waals surface area (Å²) in [7, 11) is 0. The van der Waals surface area contributed by atoms with E-state index in [-0.39, 0.29) is 12.2 Å². The Kier molecular flexibility index (Phi) is 4.41. The summed E-state index contributed by atoms with van der Waals surface area (Å²) < 4.78 is 13.9. The Morgan fingerprint density at radius 2 is 2.29 bits per heavy atom. The highest BCUT2D eigenvalue weighted by atomic mass is 79.9. The second kappa shape index (κ2) is 5.36. The summed E-state index contributed by atoms with van der Waals surface area (Å²) in [5.74, 6) is -0.807. The Bertz CT molecular complexity index is 344. The Morgan fingerprint density at radius 1 is 1.57 bits per heavy atom. The van der Waals surface area contributed by atoms with Gasteiger partial charge in [0, 0.05) is 15.1 Å². The van der Waals surface area contributed by atoms with Gasteiger partial charge in [-0.15, -0.1) is 11.8 Å². The third-order valence-electron chi connectivity index (χ3n) is 1.47. The van der Waals surface area contributed by atoms with Crippen LogP contribution in [-0.2, 0) is 4.79 Å². The van der Waals surface area contributed by atoms with E-state index < -0.39 is 5.97 Å². The van der Waals surface area contributed by atoms with Crippen molar-refractivity contribution in [1.29, 1.82) is 0 Å². The minimum absolute atomic E-state index is 0.0418. The van der Waals surface area contributed by atoms with Crippen molar-refractivity contribution < 1.29 is 14.3 Å². The van der Waals surface area contributed by atoms with E-state index in [0.29, 0.717) is 15.1 Å². The fourth-order valence-electron chi connectivity index (χ4n) is 0.841. The molecular formula is C9H8BrFO2S. The number of benzene rings is 1. The summed E-state index contributed by atoms with van der Waals surface area (Å²) in [6.45, 7) is 0. The van der Waals surface area contributed by atoms with E-state index in [1.807, 2.05) is 0 Å². The molecule has 1 rings (SSSR count). The molecule has 0 unspecified atom stereocenters. The highest BCUT2D eigenvalue weighted by Crippen LogP contribution is 2.24. The van der Waals surface area contributed by atoms with Crippen molar-refractivity contribution in [2.24, 2.45) is 0 Å². The van der Waals surface area contributed by atoms with Crippen LogP contribution in [0.15, 0.2) is 27.6 Å². The third-order valence-corrected chi connectivity index (χ3v) is 3.01. The van der Waals surface area contributed by atoms with E-state index in [2.05, 4.69) is 15.9 Å². The van der Waals surface area contributed by atoms with Crippen LogP contribution < -0.4 is 0 Å². The van der Waals surface area contributed by atoms with E-state index in [4.69, 9.17) is 5.11 Å². The number of carbonyl (C=O) groups is 1. The van der Waals surface area contributed by atoms with Gasteiger partial charge in [-0.2, -0.15) is 0 Å². The van der Waals surface area contributed by atoms with Gasteiger partial charge in [0.05, 0.1) is 6.42 Å². The van der Waals surface area contributed by atoms with Crippen LogP contribution in [0, 0.1) is 5.82 Å². The summed E-state index contributed by atoms with van der Waals surface area (Å²) in [6.07, 6.45) is 0.0418. The number of carboxylic acids is 1. The van der Waals surface area contributed by atoms with Gasteiger partial charge in [-0.25, -0.2) is 4.39 Å². The lowest BCUT2D eigenvalue weighted by atomic mass is 10.3. The Morgan fingerprint density at radius 3 is 2.86 bits per heavy atom. The van der Waals surface area contributed by atoms with E-state index >= 15 is 0 Å². The zero-order valence-electron chi connectivity index (χ0n) is 7.17. The monoisotopic (exact) mass is 278 g/mol. The van der Waals surface area contributed by atoms with Crippen LogP contribution in [0.2, 0.25) is 0 Å². The molecule has 0 aliphatic carbocycles. The standard InChI is InChI=1S/C9H8BrFO2S/c10-6-1-2-8(7(11)5-6)14-4-3-9(12)13/h1-2,5H,3-4H2,(H,12,13). The molecule has 0 radical (unpaired) electrons. The van der Waals surface area contributed by atoms with E-state index in [0.717, 1.165) is 0 Å². The van der Waals surface area contributed by atoms with Crippen LogP contribution in [0.25, 0.3) is 0 Å². The molecular weight excluding hydrogens is 271 g/mol. The minimum Gasteiger partial charge on any atom is -0.481 e. The molecule has 0 heterocycles. The van der Waals surface area contributed by atoms with Gasteiger partial charge in [0.1, 0.15) is 5.82 Å². The number of rotatable bonds is 4. The van der Waals surface area contributed by atoms with Crippen LogP contribution in [0.4, 0.5) is 4.39 Å². The van der Waals surface area contributed by atoms with Gasteiger partial charge in [0.15, 0.2) is 0 Å². The molecule has 0 aliphatic rings. The van der Waals surface area contributed by atoms with Crippen molar-refractivity contribution >= 4 is 33.7 Å². The summed E-state index contributed by atoms with van der Waals surface area (Å²) in [6, 6.07) is 4.72. The first-order valence-corrected chi connectivity index (χ1v) is 5.67. The van der Waals surface area contributed by atoms with Gasteiger partial charge in [0.25, 0.3) is 0 Å². The fraction of sp³-hybridized carbons (Fsp3) is 0.222. The number of thioether (sulfide) groups is 1. The topological polar surface area (TPSA) is 37.3 Å². The first-order valence-electron chi connectivity index (χ1n) is 3.89. The third kappa shape index (κ3) is 3.67. The largest absolute Gasteiger partial charge is 0.481 e. The van der Waals surface area contributed by atoms with Crippen LogP contribution in [0.1, 0.15) is 6.42 Å². The fourth-order valence-corrected chi connectivity index (χ4v) is 2.03. The smallest absolute Gasteiger partial charge is 0.304 e. The molecule has 0 aromatic heterocycles. The zero-order chi connectivity index (χ0) is 10.6. The molecule has 0 saturated carbocycles. The maximum atomic E-state index is 13.2. The summed E-state index contributed by atoms with van der Waals surface area (Å²) in [5.41, 5.74) is 0. The second-order valence-corrected chi connectivity index (χ2v) is 4.62. The van der Waals surface area contributed by atoms with E-state index in [1.54, 1.807) is 12.1 Å². The molecule has 1 N–H and O–H groups in total. The van der Waals surface area contributed by atoms with Crippen LogP contribution in [-0.4, -0.2) is 16.8 Å². The van der Waals surface area contributed by atoms with Crippen LogP contribution in [0.5, 0.6) is 0 Å². The molecule has 1 aromatic rings. The van der Waals surface area contributed by atoms with Crippen molar-refractivity contribution in [1.82, 2.24) is 0 Å². The van der Waals surface area contributed by atoms with Gasteiger partial charge in [-0.05, 0) is 18.2 Å². The molecule has 2 nitrogen and oxygen atoms in total. The number of hydrogen-bond donors (Lipinski definition) is 1. The highest BCUT2D eigenvalue weighted by molar-refractivity contribution is 9.10. The molecule has 0 atom stereocenters. The van der Waals surface area contributed by atoms with E-state index in [1.165, 1.54) is 17.8 Å². The van der Waals surface area contributed by atoms with Gasteiger partial charge < -0.3 is 5.11 Å². The van der Waals surface area contributed by atoms with Crippen molar-refractivity contribution in [3.05, 3.63) is 28.5 Å². The van der Waals surface area contributed by atoms with Crippen LogP contribution in [0.3, 0.4) is 0 Å². The van der Waals surface area contributed by atoms with Gasteiger partial charge in [-0.3, -0.25) is 4.79 Å². The molecule has 0 aliphatic heterocycles. The Labute approximate surface area is 93.6 Å². The summed E-state index contributed by atoms with van der Waals surface area (Å²) in [4.78, 5) is 10.7. The van der Waals surface area contributed by atoms with Gasteiger partial charge in [-0.1, -0.05) is 15.9 Å². The zero-order valence-corrected chi connectivity index (χ0v) is 9.57. The minimum atomic E-state index is -0.866. The average Bonchev–Trinajstić information content (AvgIpc) is 2.08. The predicted octanol–water partition coefficient (Wildman–Crippen LogP) is 3.16. The maximum absolute atomic E-state index is 13.2. The Hall–Kier alpha value is -0.550. The molecule has 0 spiro atoms. The van der Waals surface area contributed by atoms with Gasteiger partial charge >= 0.3 is 5.97 Å². The first-order chi connectivity index (χ1) is 6.59. The molecule has 0 fully saturated rings. The summed E-state index contributed by atoms with van der Waals surface area (Å²) >= 11 is 4.35. The maximum Gasteiger partial charge on any atom is 0.304 e. The van der Waals surface area contributed by atoms with Crippen molar-refractivity contribution in [2.75, 3.05) is 5.75 Å². The molecule has 5 heteroatoms. The SMILES string of the molecule is O=C(O)CCSc1ccc(Br)cc1F. The molecule has 0 amide bonds. The number of carboxylic acid groups (broad SMARTS) is 1. The normalized spacial score (nSPS) is 10.1. The van der Waals surface area contributed by atoms with Crippen molar-refractivity contribution in [3.63, 3.8) is 0 Å².